The average molecular weight is 400 g/mol. The Hall–Kier alpha value is -2.90. The lowest BCUT2D eigenvalue weighted by atomic mass is 9.89. The van der Waals surface area contributed by atoms with E-state index in [1.165, 1.54) is 11.3 Å². The zero-order valence-electron chi connectivity index (χ0n) is 16.5. The second-order valence-corrected chi connectivity index (χ2v) is 7.52. The molecule has 29 heavy (non-hydrogen) atoms. The summed E-state index contributed by atoms with van der Waals surface area (Å²) in [6.45, 7) is 0.666. The Kier molecular flexibility index (Phi) is 7.21. The van der Waals surface area contributed by atoms with Crippen molar-refractivity contribution in [1.82, 2.24) is 10.6 Å². The van der Waals surface area contributed by atoms with Gasteiger partial charge in [0.2, 0.25) is 23.6 Å². The third-order valence-electron chi connectivity index (χ3n) is 5.36. The molecule has 0 atom stereocenters. The van der Waals surface area contributed by atoms with Gasteiger partial charge in [-0.15, -0.1) is 0 Å². The standard InChI is InChI=1S/C21H28N4O4/c26-18(22-12-13-23-21(29)15-6-2-1-3-7-15)10-11-20(28)25-14-19(27)24-16-8-4-5-9-17(16)25/h4-5,8-9,15H,1-3,6-7,10-14H2,(H,22,26)(H,23,29)(H,24,27). The van der Waals surface area contributed by atoms with E-state index in [-0.39, 0.29) is 48.9 Å². The van der Waals surface area contributed by atoms with Crippen LogP contribution in [0.5, 0.6) is 0 Å². The second-order valence-electron chi connectivity index (χ2n) is 7.52. The van der Waals surface area contributed by atoms with E-state index >= 15 is 0 Å². The summed E-state index contributed by atoms with van der Waals surface area (Å²) in [4.78, 5) is 49.8. The molecule has 3 N–H and O–H groups in total. The maximum absolute atomic E-state index is 12.5. The first kappa shape index (κ1) is 20.8. The van der Waals surface area contributed by atoms with Crippen LogP contribution in [0.4, 0.5) is 11.4 Å². The van der Waals surface area contributed by atoms with Gasteiger partial charge in [0.25, 0.3) is 0 Å². The predicted molar refractivity (Wildman–Crippen MR) is 109 cm³/mol. The highest BCUT2D eigenvalue weighted by Crippen LogP contribution is 2.29. The van der Waals surface area contributed by atoms with Crippen molar-refractivity contribution < 1.29 is 19.2 Å². The number of amides is 4. The van der Waals surface area contributed by atoms with Gasteiger partial charge in [-0.3, -0.25) is 19.2 Å². The number of nitrogens with one attached hydrogen (secondary N) is 3. The molecule has 1 aromatic rings. The molecular weight excluding hydrogens is 372 g/mol. The number of fused-ring (bicyclic) bond motifs is 1. The van der Waals surface area contributed by atoms with Crippen LogP contribution in [0.25, 0.3) is 0 Å². The largest absolute Gasteiger partial charge is 0.354 e. The summed E-state index contributed by atoms with van der Waals surface area (Å²) in [6, 6.07) is 7.08. The fraction of sp³-hybridized carbons (Fsp3) is 0.524. The summed E-state index contributed by atoms with van der Waals surface area (Å²) in [6.07, 6.45) is 5.34. The summed E-state index contributed by atoms with van der Waals surface area (Å²) in [5.41, 5.74) is 1.23. The van der Waals surface area contributed by atoms with Gasteiger partial charge in [-0.25, -0.2) is 0 Å². The molecule has 8 nitrogen and oxygen atoms in total. The Morgan fingerprint density at radius 1 is 1.00 bits per heavy atom. The number of hydrogen-bond acceptors (Lipinski definition) is 4. The SMILES string of the molecule is O=C(CCC(=O)N1CC(=O)Nc2ccccc21)NCCNC(=O)C1CCCCC1. The number of anilines is 2. The summed E-state index contributed by atoms with van der Waals surface area (Å²) in [5.74, 6) is -0.610. The maximum atomic E-state index is 12.5. The zero-order chi connectivity index (χ0) is 20.6. The van der Waals surface area contributed by atoms with Crippen molar-refractivity contribution in [2.45, 2.75) is 44.9 Å². The van der Waals surface area contributed by atoms with Crippen LogP contribution < -0.4 is 20.9 Å². The lowest BCUT2D eigenvalue weighted by Gasteiger charge is -2.29. The fourth-order valence-electron chi connectivity index (χ4n) is 3.80. The van der Waals surface area contributed by atoms with Crippen LogP contribution in [-0.4, -0.2) is 43.3 Å². The Bertz CT molecular complexity index is 774. The van der Waals surface area contributed by atoms with Crippen LogP contribution in [0.15, 0.2) is 24.3 Å². The Balaban J connectivity index is 1.37. The molecule has 0 bridgehead atoms. The number of rotatable bonds is 7. The quantitative estimate of drug-likeness (QED) is 0.604. The zero-order valence-corrected chi connectivity index (χ0v) is 16.5. The van der Waals surface area contributed by atoms with E-state index in [2.05, 4.69) is 16.0 Å². The van der Waals surface area contributed by atoms with Crippen molar-refractivity contribution in [3.8, 4) is 0 Å². The summed E-state index contributed by atoms with van der Waals surface area (Å²) < 4.78 is 0. The van der Waals surface area contributed by atoms with Crippen LogP contribution in [-0.2, 0) is 19.2 Å². The Morgan fingerprint density at radius 2 is 1.72 bits per heavy atom. The van der Waals surface area contributed by atoms with Crippen molar-refractivity contribution >= 4 is 35.0 Å². The molecule has 8 heteroatoms. The highest BCUT2D eigenvalue weighted by molar-refractivity contribution is 6.10. The van der Waals surface area contributed by atoms with Crippen LogP contribution in [0.1, 0.15) is 44.9 Å². The first-order valence-corrected chi connectivity index (χ1v) is 10.3. The van der Waals surface area contributed by atoms with E-state index in [1.807, 2.05) is 0 Å². The smallest absolute Gasteiger partial charge is 0.244 e. The number of nitrogens with zero attached hydrogens (tertiary/aromatic N) is 1. The molecule has 1 heterocycles. The summed E-state index contributed by atoms with van der Waals surface area (Å²) in [5, 5.41) is 8.32. The minimum Gasteiger partial charge on any atom is -0.354 e. The molecule has 0 radical (unpaired) electrons. The van der Waals surface area contributed by atoms with E-state index in [0.717, 1.165) is 25.7 Å². The number of carbonyl (C=O) groups excluding carboxylic acids is 4. The second kappa shape index (κ2) is 10.0. The highest BCUT2D eigenvalue weighted by Gasteiger charge is 2.26. The molecule has 2 aliphatic rings. The van der Waals surface area contributed by atoms with Gasteiger partial charge in [0, 0.05) is 31.8 Å². The molecular formula is C21H28N4O4. The lowest BCUT2D eigenvalue weighted by molar-refractivity contribution is -0.127. The number of carbonyl (C=O) groups is 4. The van der Waals surface area contributed by atoms with Gasteiger partial charge in [-0.1, -0.05) is 31.4 Å². The third-order valence-corrected chi connectivity index (χ3v) is 5.36. The molecule has 3 rings (SSSR count). The van der Waals surface area contributed by atoms with Crippen LogP contribution in [0, 0.1) is 5.92 Å². The normalized spacial score (nSPS) is 16.6. The minimum atomic E-state index is -0.270. The van der Waals surface area contributed by atoms with Gasteiger partial charge in [0.1, 0.15) is 6.54 Å². The van der Waals surface area contributed by atoms with Crippen LogP contribution in [0.3, 0.4) is 0 Å². The topological polar surface area (TPSA) is 108 Å². The molecule has 0 unspecified atom stereocenters. The molecule has 1 aliphatic heterocycles. The summed E-state index contributed by atoms with van der Waals surface area (Å²) in [7, 11) is 0. The highest BCUT2D eigenvalue weighted by atomic mass is 16.2. The van der Waals surface area contributed by atoms with Gasteiger partial charge >= 0.3 is 0 Å². The van der Waals surface area contributed by atoms with E-state index in [9.17, 15) is 19.2 Å². The molecule has 1 fully saturated rings. The molecule has 0 aromatic heterocycles. The first-order valence-electron chi connectivity index (χ1n) is 10.3. The van der Waals surface area contributed by atoms with E-state index in [0.29, 0.717) is 24.5 Å². The van der Waals surface area contributed by atoms with Gasteiger partial charge in [0.05, 0.1) is 11.4 Å². The number of benzene rings is 1. The van der Waals surface area contributed by atoms with Crippen molar-refractivity contribution in [2.24, 2.45) is 5.92 Å². The van der Waals surface area contributed by atoms with Crippen molar-refractivity contribution in [3.05, 3.63) is 24.3 Å². The minimum absolute atomic E-state index is 0.0158. The molecule has 1 saturated carbocycles. The molecule has 4 amide bonds. The molecule has 1 aromatic carbocycles. The third kappa shape index (κ3) is 5.79. The predicted octanol–water partition coefficient (Wildman–Crippen LogP) is 1.56. The monoisotopic (exact) mass is 400 g/mol. The number of hydrogen-bond donors (Lipinski definition) is 3. The molecule has 0 spiro atoms. The maximum Gasteiger partial charge on any atom is 0.244 e. The van der Waals surface area contributed by atoms with Gasteiger partial charge in [-0.2, -0.15) is 0 Å². The van der Waals surface area contributed by atoms with Gasteiger partial charge < -0.3 is 20.9 Å². The molecule has 0 saturated heterocycles. The van der Waals surface area contributed by atoms with E-state index < -0.39 is 0 Å². The van der Waals surface area contributed by atoms with Crippen LogP contribution >= 0.6 is 0 Å². The molecule has 1 aliphatic carbocycles. The average Bonchev–Trinajstić information content (AvgIpc) is 2.74. The van der Waals surface area contributed by atoms with Crippen molar-refractivity contribution in [1.29, 1.82) is 0 Å². The first-order chi connectivity index (χ1) is 14.0. The van der Waals surface area contributed by atoms with E-state index in [1.54, 1.807) is 24.3 Å². The summed E-state index contributed by atoms with van der Waals surface area (Å²) >= 11 is 0. The molecule has 156 valence electrons. The van der Waals surface area contributed by atoms with Gasteiger partial charge in [0.15, 0.2) is 0 Å². The fourth-order valence-corrected chi connectivity index (χ4v) is 3.80. The van der Waals surface area contributed by atoms with Gasteiger partial charge in [-0.05, 0) is 25.0 Å². The van der Waals surface area contributed by atoms with E-state index in [4.69, 9.17) is 0 Å². The lowest BCUT2D eigenvalue weighted by Crippen LogP contribution is -2.42. The number of para-hydroxylation sites is 2. The Morgan fingerprint density at radius 3 is 2.52 bits per heavy atom. The Labute approximate surface area is 170 Å². The van der Waals surface area contributed by atoms with Crippen molar-refractivity contribution in [3.63, 3.8) is 0 Å². The van der Waals surface area contributed by atoms with Crippen molar-refractivity contribution in [2.75, 3.05) is 29.9 Å². The van der Waals surface area contributed by atoms with Crippen LogP contribution in [0.2, 0.25) is 0 Å².